The van der Waals surface area contributed by atoms with Gasteiger partial charge in [-0.1, -0.05) is 32.9 Å². The predicted molar refractivity (Wildman–Crippen MR) is 125 cm³/mol. The highest BCUT2D eigenvalue weighted by Crippen LogP contribution is 2.23. The molecule has 9 heteroatoms. The number of fused-ring (bicyclic) bond motifs is 3. The van der Waals surface area contributed by atoms with Gasteiger partial charge in [-0.05, 0) is 53.4 Å². The maximum atomic E-state index is 12.8. The Hall–Kier alpha value is -3.59. The average molecular weight is 433 g/mol. The number of carbonyl (C=O) groups is 1. The summed E-state index contributed by atoms with van der Waals surface area (Å²) < 4.78 is 1.67. The number of para-hydroxylation sites is 2. The number of aromatic nitrogens is 5. The highest BCUT2D eigenvalue weighted by atomic mass is 16.2. The van der Waals surface area contributed by atoms with Crippen LogP contribution in [0.15, 0.2) is 48.5 Å². The average Bonchev–Trinajstić information content (AvgIpc) is 3.36. The van der Waals surface area contributed by atoms with Crippen molar-refractivity contribution in [2.45, 2.75) is 20.8 Å². The molecule has 166 valence electrons. The van der Waals surface area contributed by atoms with Crippen LogP contribution < -0.4 is 5.32 Å². The number of hydrogen-bond donors (Lipinski definition) is 1. The molecular weight excluding hydrogens is 404 g/mol. The predicted octanol–water partition coefficient (Wildman–Crippen LogP) is 3.22. The molecule has 1 saturated heterocycles. The Balaban J connectivity index is 0.00000119. The van der Waals surface area contributed by atoms with E-state index in [1.807, 2.05) is 67.3 Å². The Kier molecular flexibility index (Phi) is 6.55. The fourth-order valence-corrected chi connectivity index (χ4v) is 3.77. The minimum atomic E-state index is 0.0742. The number of anilines is 2. The molecule has 0 aliphatic carbocycles. The standard InChI is InChI=1S/C21H22N8O.C2H6/c1-2-27-11-13-28(14-12-27)21(30)15-7-9-16(10-8-15)22-19-20-24-25-26-29(20)18-6-4-3-5-17(18)23-19;1-2/h3-10H,2,11-14H2,1H3,(H,22,23);1-2H3. The largest absolute Gasteiger partial charge is 0.337 e. The molecule has 9 nitrogen and oxygen atoms in total. The number of piperazine rings is 1. The van der Waals surface area contributed by atoms with Gasteiger partial charge in [-0.2, -0.15) is 4.52 Å². The lowest BCUT2D eigenvalue weighted by atomic mass is 10.1. The van der Waals surface area contributed by atoms with Crippen LogP contribution in [0.25, 0.3) is 16.7 Å². The number of rotatable bonds is 4. The lowest BCUT2D eigenvalue weighted by molar-refractivity contribution is 0.0643. The third-order valence-corrected chi connectivity index (χ3v) is 5.52. The van der Waals surface area contributed by atoms with Gasteiger partial charge in [-0.25, -0.2) is 4.98 Å². The molecule has 0 unspecified atom stereocenters. The molecule has 0 spiro atoms. The smallest absolute Gasteiger partial charge is 0.253 e. The Labute approximate surface area is 187 Å². The van der Waals surface area contributed by atoms with Crippen molar-refractivity contribution in [3.8, 4) is 0 Å². The van der Waals surface area contributed by atoms with Crippen LogP contribution in [0, 0.1) is 0 Å². The molecule has 1 aliphatic rings. The van der Waals surface area contributed by atoms with Crippen molar-refractivity contribution in [1.29, 1.82) is 0 Å². The van der Waals surface area contributed by atoms with Crippen LogP contribution in [-0.2, 0) is 0 Å². The third-order valence-electron chi connectivity index (χ3n) is 5.52. The van der Waals surface area contributed by atoms with Crippen molar-refractivity contribution in [2.75, 3.05) is 38.0 Å². The molecule has 2 aromatic heterocycles. The number of likely N-dealkylation sites (N-methyl/N-ethyl adjacent to an activating group) is 1. The molecule has 1 amide bonds. The number of tetrazole rings is 1. The van der Waals surface area contributed by atoms with Gasteiger partial charge < -0.3 is 15.1 Å². The Morgan fingerprint density at radius 3 is 2.44 bits per heavy atom. The van der Waals surface area contributed by atoms with Crippen molar-refractivity contribution >= 4 is 34.1 Å². The van der Waals surface area contributed by atoms with Gasteiger partial charge in [-0.15, -0.1) is 5.10 Å². The van der Waals surface area contributed by atoms with Crippen LogP contribution in [0.4, 0.5) is 11.5 Å². The topological polar surface area (TPSA) is 91.5 Å². The number of benzene rings is 2. The summed E-state index contributed by atoms with van der Waals surface area (Å²) in [6.45, 7) is 10.6. The van der Waals surface area contributed by atoms with Gasteiger partial charge in [0.1, 0.15) is 0 Å². The van der Waals surface area contributed by atoms with E-state index < -0.39 is 0 Å². The summed E-state index contributed by atoms with van der Waals surface area (Å²) in [5, 5.41) is 15.2. The van der Waals surface area contributed by atoms with Gasteiger partial charge in [0.15, 0.2) is 5.82 Å². The Bertz CT molecular complexity index is 1200. The van der Waals surface area contributed by atoms with Gasteiger partial charge >= 0.3 is 0 Å². The summed E-state index contributed by atoms with van der Waals surface area (Å²) in [4.78, 5) is 21.7. The zero-order chi connectivity index (χ0) is 22.5. The van der Waals surface area contributed by atoms with Gasteiger partial charge in [0, 0.05) is 37.4 Å². The maximum Gasteiger partial charge on any atom is 0.253 e. The summed E-state index contributed by atoms with van der Waals surface area (Å²) in [5.41, 5.74) is 3.67. The van der Waals surface area contributed by atoms with Crippen molar-refractivity contribution in [3.05, 3.63) is 54.1 Å². The molecular formula is C23H28N8O. The maximum absolute atomic E-state index is 12.8. The molecule has 1 N–H and O–H groups in total. The molecule has 0 atom stereocenters. The summed E-state index contributed by atoms with van der Waals surface area (Å²) in [7, 11) is 0. The normalized spacial score (nSPS) is 14.3. The van der Waals surface area contributed by atoms with E-state index >= 15 is 0 Å². The summed E-state index contributed by atoms with van der Waals surface area (Å²) in [5.74, 6) is 0.638. The molecule has 0 saturated carbocycles. The van der Waals surface area contributed by atoms with Crippen LogP contribution >= 0.6 is 0 Å². The first-order valence-corrected chi connectivity index (χ1v) is 11.1. The first-order valence-electron chi connectivity index (χ1n) is 11.1. The van der Waals surface area contributed by atoms with Gasteiger partial charge in [0.2, 0.25) is 5.65 Å². The second-order valence-electron chi connectivity index (χ2n) is 7.29. The van der Waals surface area contributed by atoms with E-state index in [-0.39, 0.29) is 5.91 Å². The molecule has 32 heavy (non-hydrogen) atoms. The van der Waals surface area contributed by atoms with Crippen molar-refractivity contribution in [2.24, 2.45) is 0 Å². The second-order valence-corrected chi connectivity index (χ2v) is 7.29. The lowest BCUT2D eigenvalue weighted by Gasteiger charge is -2.34. The van der Waals surface area contributed by atoms with Crippen molar-refractivity contribution in [3.63, 3.8) is 0 Å². The zero-order valence-corrected chi connectivity index (χ0v) is 18.7. The monoisotopic (exact) mass is 432 g/mol. The van der Waals surface area contributed by atoms with E-state index in [0.717, 1.165) is 49.4 Å². The quantitative estimate of drug-likeness (QED) is 0.529. The molecule has 4 aromatic rings. The lowest BCUT2D eigenvalue weighted by Crippen LogP contribution is -2.48. The number of amides is 1. The summed E-state index contributed by atoms with van der Waals surface area (Å²) in [6, 6.07) is 15.2. The summed E-state index contributed by atoms with van der Waals surface area (Å²) in [6.07, 6.45) is 0. The Morgan fingerprint density at radius 1 is 1.00 bits per heavy atom. The fraction of sp³-hybridized carbons (Fsp3) is 0.348. The minimum absolute atomic E-state index is 0.0742. The van der Waals surface area contributed by atoms with E-state index in [1.54, 1.807) is 4.52 Å². The van der Waals surface area contributed by atoms with E-state index in [1.165, 1.54) is 0 Å². The first-order chi connectivity index (χ1) is 15.7. The first kappa shape index (κ1) is 21.6. The molecule has 0 bridgehead atoms. The van der Waals surface area contributed by atoms with Gasteiger partial charge in [-0.3, -0.25) is 4.79 Å². The van der Waals surface area contributed by atoms with Gasteiger partial charge in [0.05, 0.1) is 11.0 Å². The Morgan fingerprint density at radius 2 is 1.72 bits per heavy atom. The number of nitrogens with one attached hydrogen (secondary N) is 1. The fourth-order valence-electron chi connectivity index (χ4n) is 3.77. The number of hydrogen-bond acceptors (Lipinski definition) is 7. The molecule has 0 radical (unpaired) electrons. The van der Waals surface area contributed by atoms with Crippen LogP contribution in [0.3, 0.4) is 0 Å². The molecule has 5 rings (SSSR count). The number of nitrogens with zero attached hydrogens (tertiary/aromatic N) is 7. The minimum Gasteiger partial charge on any atom is -0.337 e. The zero-order valence-electron chi connectivity index (χ0n) is 18.7. The molecule has 1 fully saturated rings. The summed E-state index contributed by atoms with van der Waals surface area (Å²) >= 11 is 0. The highest BCUT2D eigenvalue weighted by Gasteiger charge is 2.21. The van der Waals surface area contributed by atoms with E-state index in [2.05, 4.69) is 37.6 Å². The van der Waals surface area contributed by atoms with Crippen molar-refractivity contribution in [1.82, 2.24) is 34.8 Å². The van der Waals surface area contributed by atoms with E-state index in [9.17, 15) is 4.79 Å². The van der Waals surface area contributed by atoms with Crippen LogP contribution in [0.5, 0.6) is 0 Å². The number of carbonyl (C=O) groups excluding carboxylic acids is 1. The molecule has 3 heterocycles. The highest BCUT2D eigenvalue weighted by molar-refractivity contribution is 5.95. The second kappa shape index (κ2) is 9.69. The van der Waals surface area contributed by atoms with E-state index in [0.29, 0.717) is 17.0 Å². The SMILES string of the molecule is CC.CCN1CCN(C(=O)c2ccc(Nc3nc4ccccc4n4nnnc34)cc2)CC1. The third kappa shape index (κ3) is 4.24. The van der Waals surface area contributed by atoms with Gasteiger partial charge in [0.25, 0.3) is 5.91 Å². The molecule has 2 aromatic carbocycles. The van der Waals surface area contributed by atoms with Crippen molar-refractivity contribution < 1.29 is 4.79 Å². The van der Waals surface area contributed by atoms with Crippen LogP contribution in [0.2, 0.25) is 0 Å². The van der Waals surface area contributed by atoms with E-state index in [4.69, 9.17) is 0 Å². The van der Waals surface area contributed by atoms with Crippen LogP contribution in [-0.4, -0.2) is 73.5 Å². The van der Waals surface area contributed by atoms with Crippen LogP contribution in [0.1, 0.15) is 31.1 Å². The molecule has 1 aliphatic heterocycles.